The van der Waals surface area contributed by atoms with Gasteiger partial charge in [-0.3, -0.25) is 0 Å². The lowest BCUT2D eigenvalue weighted by molar-refractivity contribution is 0.616. The number of hydrogen-bond donors (Lipinski definition) is 1. The van der Waals surface area contributed by atoms with Gasteiger partial charge in [0.05, 0.1) is 11.7 Å². The van der Waals surface area contributed by atoms with E-state index in [1.54, 1.807) is 0 Å². The first-order valence-electron chi connectivity index (χ1n) is 4.29. The van der Waals surface area contributed by atoms with Crippen molar-refractivity contribution in [3.63, 3.8) is 0 Å². The fraction of sp³-hybridized carbons (Fsp3) is 0.400. The third kappa shape index (κ3) is 0.994. The van der Waals surface area contributed by atoms with E-state index in [1.165, 1.54) is 16.8 Å². The zero-order valence-corrected chi connectivity index (χ0v) is 7.76. The molecule has 0 saturated carbocycles. The van der Waals surface area contributed by atoms with E-state index in [0.717, 1.165) is 0 Å². The van der Waals surface area contributed by atoms with Crippen molar-refractivity contribution >= 4 is 5.69 Å². The van der Waals surface area contributed by atoms with Gasteiger partial charge in [0.25, 0.3) is 0 Å². The summed E-state index contributed by atoms with van der Waals surface area (Å²) in [7, 11) is 2.05. The van der Waals surface area contributed by atoms with Gasteiger partial charge in [0.1, 0.15) is 0 Å². The van der Waals surface area contributed by atoms with Gasteiger partial charge < -0.3 is 5.01 Å². The van der Waals surface area contributed by atoms with Gasteiger partial charge in [0.15, 0.2) is 0 Å². The summed E-state index contributed by atoms with van der Waals surface area (Å²) in [4.78, 5) is 0. The molecule has 1 N–H and O–H groups in total. The molecule has 0 aromatic heterocycles. The topological polar surface area (TPSA) is 15.3 Å². The Hall–Kier alpha value is -1.02. The molecule has 0 radical (unpaired) electrons. The zero-order valence-electron chi connectivity index (χ0n) is 7.76. The largest absolute Gasteiger partial charge is 0.311 e. The van der Waals surface area contributed by atoms with Crippen LogP contribution in [0.5, 0.6) is 0 Å². The first-order valence-corrected chi connectivity index (χ1v) is 4.29. The maximum absolute atomic E-state index is 3.34. The average molecular weight is 162 g/mol. The van der Waals surface area contributed by atoms with Gasteiger partial charge in [-0.15, -0.1) is 0 Å². The van der Waals surface area contributed by atoms with Crippen LogP contribution in [0.15, 0.2) is 18.2 Å². The molecule has 0 amide bonds. The van der Waals surface area contributed by atoms with Crippen LogP contribution in [-0.2, 0) is 0 Å². The molecular weight excluding hydrogens is 148 g/mol. The molecule has 1 heterocycles. The maximum atomic E-state index is 3.34. The highest BCUT2D eigenvalue weighted by Gasteiger charge is 2.21. The Morgan fingerprint density at radius 3 is 2.92 bits per heavy atom. The van der Waals surface area contributed by atoms with Crippen molar-refractivity contribution in [2.24, 2.45) is 0 Å². The summed E-state index contributed by atoms with van der Waals surface area (Å²) in [5.74, 6) is 0. The summed E-state index contributed by atoms with van der Waals surface area (Å²) >= 11 is 0. The second-order valence-electron chi connectivity index (χ2n) is 3.47. The van der Waals surface area contributed by atoms with Gasteiger partial charge >= 0.3 is 0 Å². The van der Waals surface area contributed by atoms with Crippen LogP contribution in [0.4, 0.5) is 5.69 Å². The van der Waals surface area contributed by atoms with E-state index in [4.69, 9.17) is 0 Å². The van der Waals surface area contributed by atoms with Crippen molar-refractivity contribution in [1.29, 1.82) is 0 Å². The number of anilines is 1. The van der Waals surface area contributed by atoms with Gasteiger partial charge in [-0.25, -0.2) is 5.43 Å². The average Bonchev–Trinajstić information content (AvgIpc) is 2.28. The Balaban J connectivity index is 2.53. The minimum absolute atomic E-state index is 0.449. The van der Waals surface area contributed by atoms with Crippen LogP contribution in [0.2, 0.25) is 0 Å². The third-order valence-electron chi connectivity index (χ3n) is 2.40. The van der Waals surface area contributed by atoms with Crippen molar-refractivity contribution in [3.8, 4) is 0 Å². The number of aryl methyl sites for hydroxylation is 1. The molecule has 1 aromatic rings. The highest BCUT2D eigenvalue weighted by atomic mass is 15.5. The quantitative estimate of drug-likeness (QED) is 0.627. The van der Waals surface area contributed by atoms with Crippen LogP contribution in [0.25, 0.3) is 0 Å². The monoisotopic (exact) mass is 162 g/mol. The Labute approximate surface area is 73.2 Å². The molecule has 0 fully saturated rings. The molecule has 1 aliphatic heterocycles. The molecule has 0 aliphatic carbocycles. The van der Waals surface area contributed by atoms with Crippen LogP contribution < -0.4 is 10.4 Å². The molecule has 12 heavy (non-hydrogen) atoms. The van der Waals surface area contributed by atoms with E-state index in [1.807, 2.05) is 0 Å². The van der Waals surface area contributed by atoms with Gasteiger partial charge in [0.2, 0.25) is 0 Å². The highest BCUT2D eigenvalue weighted by molar-refractivity contribution is 5.58. The minimum atomic E-state index is 0.449. The Kier molecular flexibility index (Phi) is 1.58. The summed E-state index contributed by atoms with van der Waals surface area (Å²) in [6.07, 6.45) is 0. The predicted octanol–water partition coefficient (Wildman–Crippen LogP) is 2.01. The smallest absolute Gasteiger partial charge is 0.0565 e. The molecule has 0 saturated heterocycles. The van der Waals surface area contributed by atoms with Crippen LogP contribution in [0.3, 0.4) is 0 Å². The highest BCUT2D eigenvalue weighted by Crippen LogP contribution is 2.31. The normalized spacial score (nSPS) is 21.2. The molecule has 0 bridgehead atoms. The van der Waals surface area contributed by atoms with Crippen molar-refractivity contribution in [3.05, 3.63) is 29.3 Å². The number of nitrogens with one attached hydrogen (secondary N) is 1. The summed E-state index contributed by atoms with van der Waals surface area (Å²) in [5, 5.41) is 2.08. The third-order valence-corrected chi connectivity index (χ3v) is 2.40. The molecule has 2 nitrogen and oxygen atoms in total. The van der Waals surface area contributed by atoms with E-state index in [9.17, 15) is 0 Å². The molecule has 1 unspecified atom stereocenters. The lowest BCUT2D eigenvalue weighted by Gasteiger charge is -2.12. The summed E-state index contributed by atoms with van der Waals surface area (Å²) < 4.78 is 0. The fourth-order valence-electron chi connectivity index (χ4n) is 1.76. The van der Waals surface area contributed by atoms with Gasteiger partial charge in [0, 0.05) is 7.05 Å². The predicted molar refractivity (Wildman–Crippen MR) is 51.1 cm³/mol. The van der Waals surface area contributed by atoms with Gasteiger partial charge in [-0.05, 0) is 25.5 Å². The SMILES string of the molecule is Cc1ccc2c(c1)C(C)NN2C. The van der Waals surface area contributed by atoms with E-state index in [-0.39, 0.29) is 0 Å². The fourth-order valence-corrected chi connectivity index (χ4v) is 1.76. The van der Waals surface area contributed by atoms with E-state index < -0.39 is 0 Å². The van der Waals surface area contributed by atoms with Crippen molar-refractivity contribution in [1.82, 2.24) is 5.43 Å². The summed E-state index contributed by atoms with van der Waals surface area (Å²) in [5.41, 5.74) is 7.37. The number of hydrogen-bond acceptors (Lipinski definition) is 2. The van der Waals surface area contributed by atoms with Gasteiger partial charge in [-0.2, -0.15) is 0 Å². The molecule has 1 aliphatic rings. The lowest BCUT2D eigenvalue weighted by atomic mass is 10.1. The van der Waals surface area contributed by atoms with Crippen LogP contribution in [0, 0.1) is 6.92 Å². The van der Waals surface area contributed by atoms with Crippen LogP contribution in [0.1, 0.15) is 24.1 Å². The molecule has 64 valence electrons. The summed E-state index contributed by atoms with van der Waals surface area (Å²) in [6, 6.07) is 7.01. The number of nitrogens with zero attached hydrogens (tertiary/aromatic N) is 1. The molecular formula is C10H14N2. The standard InChI is InChI=1S/C10H14N2/c1-7-4-5-10-9(6-7)8(2)11-12(10)3/h4-6,8,11H,1-3H3. The van der Waals surface area contributed by atoms with Crippen molar-refractivity contribution in [2.75, 3.05) is 12.1 Å². The van der Waals surface area contributed by atoms with E-state index in [2.05, 4.69) is 49.5 Å². The number of rotatable bonds is 0. The molecule has 2 rings (SSSR count). The molecule has 2 heteroatoms. The van der Waals surface area contributed by atoms with E-state index in [0.29, 0.717) is 6.04 Å². The molecule has 0 spiro atoms. The lowest BCUT2D eigenvalue weighted by Crippen LogP contribution is -2.28. The maximum Gasteiger partial charge on any atom is 0.0565 e. The van der Waals surface area contributed by atoms with Crippen LogP contribution in [-0.4, -0.2) is 7.05 Å². The minimum Gasteiger partial charge on any atom is -0.311 e. The molecule has 1 aromatic carbocycles. The second kappa shape index (κ2) is 2.49. The van der Waals surface area contributed by atoms with Crippen molar-refractivity contribution in [2.45, 2.75) is 19.9 Å². The first-order chi connectivity index (χ1) is 5.68. The van der Waals surface area contributed by atoms with Crippen molar-refractivity contribution < 1.29 is 0 Å². The number of fused-ring (bicyclic) bond motifs is 1. The Bertz CT molecular complexity index is 307. The van der Waals surface area contributed by atoms with E-state index >= 15 is 0 Å². The van der Waals surface area contributed by atoms with Crippen LogP contribution >= 0.6 is 0 Å². The second-order valence-corrected chi connectivity index (χ2v) is 3.47. The Morgan fingerprint density at radius 1 is 1.42 bits per heavy atom. The zero-order chi connectivity index (χ0) is 8.72. The number of hydrazine groups is 1. The Morgan fingerprint density at radius 2 is 2.17 bits per heavy atom. The summed E-state index contributed by atoms with van der Waals surface area (Å²) in [6.45, 7) is 4.31. The molecule has 1 atom stereocenters. The van der Waals surface area contributed by atoms with Gasteiger partial charge in [-0.1, -0.05) is 17.7 Å². The number of benzene rings is 1. The first kappa shape index (κ1) is 7.62.